The van der Waals surface area contributed by atoms with Crippen LogP contribution in [0.3, 0.4) is 0 Å². The Kier molecular flexibility index (Phi) is 6.48. The first-order valence-electron chi connectivity index (χ1n) is 20.2. The fourth-order valence-corrected chi connectivity index (χ4v) is 10.1. The van der Waals surface area contributed by atoms with Gasteiger partial charge in [0.1, 0.15) is 22.3 Å². The average molecular weight is 755 g/mol. The zero-order valence-electron chi connectivity index (χ0n) is 32.4. The van der Waals surface area contributed by atoms with E-state index in [-0.39, 0.29) is 5.41 Å². The molecule has 3 aromatic heterocycles. The van der Waals surface area contributed by atoms with Gasteiger partial charge in [-0.2, -0.15) is 0 Å². The number of hydrogen-bond donors (Lipinski definition) is 0. The third-order valence-corrected chi connectivity index (χ3v) is 12.9. The lowest BCUT2D eigenvalue weighted by Crippen LogP contribution is -2.14. The van der Waals surface area contributed by atoms with Gasteiger partial charge in [0.2, 0.25) is 0 Å². The van der Waals surface area contributed by atoms with Gasteiger partial charge in [0.15, 0.2) is 0 Å². The van der Waals surface area contributed by atoms with Gasteiger partial charge in [0.25, 0.3) is 0 Å². The maximum Gasteiger partial charge on any atom is 0.147 e. The van der Waals surface area contributed by atoms with E-state index in [1.807, 2.05) is 12.3 Å². The molecule has 0 saturated carbocycles. The van der Waals surface area contributed by atoms with Gasteiger partial charge in [0.05, 0.1) is 28.3 Å². The Balaban J connectivity index is 1.02. The number of rotatable bonds is 3. The predicted molar refractivity (Wildman–Crippen MR) is 243 cm³/mol. The van der Waals surface area contributed by atoms with E-state index >= 15 is 0 Å². The van der Waals surface area contributed by atoms with E-state index in [1.54, 1.807) is 0 Å². The fourth-order valence-electron chi connectivity index (χ4n) is 10.1. The van der Waals surface area contributed by atoms with Crippen molar-refractivity contribution in [1.82, 2.24) is 9.97 Å². The van der Waals surface area contributed by atoms with Gasteiger partial charge < -0.3 is 8.83 Å². The van der Waals surface area contributed by atoms with Crippen LogP contribution >= 0.6 is 0 Å². The highest BCUT2D eigenvalue weighted by molar-refractivity contribution is 6.27. The highest BCUT2D eigenvalue weighted by Crippen LogP contribution is 2.51. The molecule has 0 bridgehead atoms. The van der Waals surface area contributed by atoms with E-state index in [0.717, 1.165) is 99.2 Å². The van der Waals surface area contributed by atoms with Crippen molar-refractivity contribution in [3.05, 3.63) is 181 Å². The number of furan rings is 2. The number of benzene rings is 9. The van der Waals surface area contributed by atoms with Gasteiger partial charge in [-0.1, -0.05) is 153 Å². The normalized spacial score (nSPS) is 13.4. The molecule has 0 fully saturated rings. The van der Waals surface area contributed by atoms with Crippen LogP contribution in [0.25, 0.3) is 121 Å². The second kappa shape index (κ2) is 11.7. The molecule has 4 heteroatoms. The lowest BCUT2D eigenvalue weighted by Gasteiger charge is -2.22. The van der Waals surface area contributed by atoms with Crippen molar-refractivity contribution in [1.29, 1.82) is 0 Å². The Morgan fingerprint density at radius 1 is 0.407 bits per heavy atom. The summed E-state index contributed by atoms with van der Waals surface area (Å²) in [5.74, 6) is 0. The summed E-state index contributed by atoms with van der Waals surface area (Å²) in [6, 6.07) is 58.3. The molecular formula is C55H34N2O2. The molecule has 0 N–H and O–H groups in total. The highest BCUT2D eigenvalue weighted by atomic mass is 16.3. The first-order chi connectivity index (χ1) is 29.0. The molecule has 3 heterocycles. The van der Waals surface area contributed by atoms with Gasteiger partial charge in [0, 0.05) is 49.0 Å². The fraction of sp³-hybridized carbons (Fsp3) is 0.0545. The van der Waals surface area contributed by atoms with Crippen molar-refractivity contribution in [2.75, 3.05) is 0 Å². The molecule has 1 aliphatic carbocycles. The molecule has 0 saturated heterocycles. The summed E-state index contributed by atoms with van der Waals surface area (Å²) in [7, 11) is 0. The van der Waals surface area contributed by atoms with Gasteiger partial charge in [-0.25, -0.2) is 4.98 Å². The third kappa shape index (κ3) is 4.49. The van der Waals surface area contributed by atoms with Crippen LogP contribution in [0.4, 0.5) is 0 Å². The molecule has 0 spiro atoms. The number of aromatic nitrogens is 2. The largest absolute Gasteiger partial charge is 0.455 e. The third-order valence-electron chi connectivity index (χ3n) is 12.9. The summed E-state index contributed by atoms with van der Waals surface area (Å²) < 4.78 is 13.9. The molecule has 0 amide bonds. The lowest BCUT2D eigenvalue weighted by atomic mass is 9.81. The smallest absolute Gasteiger partial charge is 0.147 e. The average Bonchev–Trinajstić information content (AvgIpc) is 3.94. The van der Waals surface area contributed by atoms with Gasteiger partial charge >= 0.3 is 0 Å². The monoisotopic (exact) mass is 754 g/mol. The summed E-state index contributed by atoms with van der Waals surface area (Å²) in [5.41, 5.74) is 16.4. The maximum absolute atomic E-state index is 7.17. The van der Waals surface area contributed by atoms with Crippen molar-refractivity contribution in [3.63, 3.8) is 0 Å². The number of nitrogens with zero attached hydrogens (tertiary/aromatic N) is 2. The van der Waals surface area contributed by atoms with Crippen LogP contribution in [0.15, 0.2) is 179 Å². The summed E-state index contributed by atoms with van der Waals surface area (Å²) in [4.78, 5) is 10.4. The maximum atomic E-state index is 7.17. The predicted octanol–water partition coefficient (Wildman–Crippen LogP) is 15.0. The standard InChI is InChI=1S/C55H34N2O2/c1-55(2)45-23-9-7-17-37(45)38-26-25-32(28-46(38)55)43-29-44-39-18-8-10-24-48(39)58-54(44)49-42-22-12-21-34(52(42)59-53(43)49)31-13-11-14-33(27-31)47-30-56-50-40-19-5-3-15-35(40)36-16-4-6-20-41(36)51(50)57-47/h3-30H,1-2H3. The minimum absolute atomic E-state index is 0.129. The van der Waals surface area contributed by atoms with E-state index in [0.29, 0.717) is 0 Å². The number of para-hydroxylation sites is 2. The minimum Gasteiger partial charge on any atom is -0.455 e. The van der Waals surface area contributed by atoms with Crippen LogP contribution in [0, 0.1) is 0 Å². The van der Waals surface area contributed by atoms with Gasteiger partial charge in [-0.05, 0) is 68.4 Å². The van der Waals surface area contributed by atoms with Crippen molar-refractivity contribution in [2.24, 2.45) is 0 Å². The first-order valence-corrected chi connectivity index (χ1v) is 20.2. The molecule has 0 unspecified atom stereocenters. The van der Waals surface area contributed by atoms with Gasteiger partial charge in [-0.15, -0.1) is 0 Å². The number of hydrogen-bond acceptors (Lipinski definition) is 4. The minimum atomic E-state index is -0.129. The molecule has 9 aromatic carbocycles. The summed E-state index contributed by atoms with van der Waals surface area (Å²) in [6.07, 6.45) is 1.91. The molecule has 276 valence electrons. The van der Waals surface area contributed by atoms with Crippen molar-refractivity contribution in [3.8, 4) is 44.6 Å². The highest BCUT2D eigenvalue weighted by Gasteiger charge is 2.35. The Morgan fingerprint density at radius 3 is 1.90 bits per heavy atom. The van der Waals surface area contributed by atoms with E-state index < -0.39 is 0 Å². The van der Waals surface area contributed by atoms with Crippen molar-refractivity contribution in [2.45, 2.75) is 19.3 Å². The number of fused-ring (bicyclic) bond motifs is 16. The Morgan fingerprint density at radius 2 is 1.05 bits per heavy atom. The Bertz CT molecular complexity index is 3740. The van der Waals surface area contributed by atoms with Crippen LogP contribution in [-0.4, -0.2) is 9.97 Å². The molecular weight excluding hydrogens is 721 g/mol. The molecule has 0 atom stereocenters. The second-order valence-corrected chi connectivity index (χ2v) is 16.4. The quantitative estimate of drug-likeness (QED) is 0.169. The first kappa shape index (κ1) is 32.5. The second-order valence-electron chi connectivity index (χ2n) is 16.4. The zero-order valence-corrected chi connectivity index (χ0v) is 32.4. The van der Waals surface area contributed by atoms with Crippen LogP contribution in [0.1, 0.15) is 25.0 Å². The molecule has 1 aliphatic rings. The topological polar surface area (TPSA) is 52.1 Å². The van der Waals surface area contributed by atoms with E-state index in [1.165, 1.54) is 33.0 Å². The van der Waals surface area contributed by atoms with Crippen molar-refractivity contribution >= 4 is 76.5 Å². The van der Waals surface area contributed by atoms with Crippen LogP contribution in [0.5, 0.6) is 0 Å². The summed E-state index contributed by atoms with van der Waals surface area (Å²) in [6.45, 7) is 4.66. The molecule has 12 aromatic rings. The molecule has 0 aliphatic heterocycles. The molecule has 13 rings (SSSR count). The molecule has 0 radical (unpaired) electrons. The lowest BCUT2D eigenvalue weighted by molar-refractivity contribution is 0.659. The van der Waals surface area contributed by atoms with E-state index in [9.17, 15) is 0 Å². The SMILES string of the molecule is CC1(C)c2ccccc2-c2ccc(-c3cc4c5ccccc5oc4c4c3oc3c(-c5cccc(-c6cnc7c8ccccc8c8ccccc8c7n6)c5)cccc34)cc21. The summed E-state index contributed by atoms with van der Waals surface area (Å²) in [5, 5.41) is 8.76. The summed E-state index contributed by atoms with van der Waals surface area (Å²) >= 11 is 0. The van der Waals surface area contributed by atoms with Crippen LogP contribution in [0.2, 0.25) is 0 Å². The van der Waals surface area contributed by atoms with Gasteiger partial charge in [-0.3, -0.25) is 4.98 Å². The van der Waals surface area contributed by atoms with Crippen LogP contribution < -0.4 is 0 Å². The Hall–Kier alpha value is -7.56. The van der Waals surface area contributed by atoms with E-state index in [2.05, 4.69) is 172 Å². The van der Waals surface area contributed by atoms with Crippen LogP contribution in [-0.2, 0) is 5.41 Å². The molecule has 4 nitrogen and oxygen atoms in total. The molecule has 59 heavy (non-hydrogen) atoms. The van der Waals surface area contributed by atoms with E-state index in [4.69, 9.17) is 18.8 Å². The zero-order chi connectivity index (χ0) is 39.0. The Labute approximate surface area is 339 Å². The van der Waals surface area contributed by atoms with Crippen molar-refractivity contribution < 1.29 is 8.83 Å².